The lowest BCUT2D eigenvalue weighted by Gasteiger charge is -2.12. The molecule has 0 amide bonds. The van der Waals surface area contributed by atoms with E-state index in [2.05, 4.69) is 13.8 Å². The van der Waals surface area contributed by atoms with E-state index in [0.717, 1.165) is 25.3 Å². The molecule has 0 bridgehead atoms. The number of halogens is 1. The van der Waals surface area contributed by atoms with Gasteiger partial charge in [-0.05, 0) is 32.6 Å². The maximum Gasteiger partial charge on any atom is 0.0547 e. The molecule has 0 aromatic heterocycles. The zero-order valence-electron chi connectivity index (χ0n) is 16.8. The minimum Gasteiger partial charge on any atom is -0.379 e. The molecule has 1 nitrogen and oxygen atoms in total. The van der Waals surface area contributed by atoms with Crippen molar-refractivity contribution in [3.63, 3.8) is 0 Å². The molecule has 2 heteroatoms. The zero-order valence-corrected chi connectivity index (χ0v) is 17.6. The van der Waals surface area contributed by atoms with Gasteiger partial charge in [0.1, 0.15) is 0 Å². The summed E-state index contributed by atoms with van der Waals surface area (Å²) in [4.78, 5) is 0. The third kappa shape index (κ3) is 20.3. The van der Waals surface area contributed by atoms with Crippen LogP contribution < -0.4 is 0 Å². The van der Waals surface area contributed by atoms with Crippen LogP contribution in [0, 0.1) is 0 Å². The largest absolute Gasteiger partial charge is 0.379 e. The molecular formula is C22H45ClO. The molecule has 0 N–H and O–H groups in total. The van der Waals surface area contributed by atoms with Crippen LogP contribution in [-0.4, -0.2) is 18.6 Å². The maximum atomic E-state index is 5.85. The van der Waals surface area contributed by atoms with E-state index in [1.807, 2.05) is 0 Å². The van der Waals surface area contributed by atoms with Gasteiger partial charge in [0.05, 0.1) is 6.10 Å². The number of rotatable bonds is 20. The Bertz CT molecular complexity index is 220. The summed E-state index contributed by atoms with van der Waals surface area (Å²) in [5, 5.41) is 0. The molecule has 24 heavy (non-hydrogen) atoms. The molecule has 0 aliphatic rings. The van der Waals surface area contributed by atoms with Crippen LogP contribution in [-0.2, 0) is 4.74 Å². The molecular weight excluding hydrogens is 316 g/mol. The Morgan fingerprint density at radius 2 is 1.08 bits per heavy atom. The molecule has 0 aliphatic carbocycles. The van der Waals surface area contributed by atoms with Gasteiger partial charge in [0.25, 0.3) is 0 Å². The molecule has 0 rings (SSSR count). The number of hydrogen-bond acceptors (Lipinski definition) is 1. The molecule has 1 atom stereocenters. The lowest BCUT2D eigenvalue weighted by molar-refractivity contribution is 0.0561. The third-order valence-corrected chi connectivity index (χ3v) is 5.16. The molecule has 0 unspecified atom stereocenters. The van der Waals surface area contributed by atoms with E-state index in [4.69, 9.17) is 16.3 Å². The molecule has 0 aliphatic heterocycles. The Morgan fingerprint density at radius 3 is 1.54 bits per heavy atom. The number of unbranched alkanes of at least 4 members (excludes halogenated alkanes) is 14. The quantitative estimate of drug-likeness (QED) is 0.157. The van der Waals surface area contributed by atoms with Gasteiger partial charge in [-0.1, -0.05) is 90.4 Å². The minimum absolute atomic E-state index is 0.412. The van der Waals surface area contributed by atoms with Gasteiger partial charge in [-0.25, -0.2) is 0 Å². The third-order valence-electron chi connectivity index (χ3n) is 4.89. The van der Waals surface area contributed by atoms with Gasteiger partial charge in [-0.2, -0.15) is 0 Å². The maximum absolute atomic E-state index is 5.85. The second-order valence-electron chi connectivity index (χ2n) is 7.46. The normalized spacial score (nSPS) is 12.6. The average Bonchev–Trinajstić information content (AvgIpc) is 2.58. The molecule has 146 valence electrons. The standard InChI is InChI=1S/C22H45ClO/c1-3-4-5-6-7-8-9-10-11-12-13-14-15-18-21-24-22(2)19-16-17-20-23/h22H,3-21H2,1-2H3/t22-/m1/s1. The molecule has 0 spiro atoms. The molecule has 0 radical (unpaired) electrons. The number of hydrogen-bond donors (Lipinski definition) is 0. The van der Waals surface area contributed by atoms with Crippen molar-refractivity contribution in [1.29, 1.82) is 0 Å². The second kappa shape index (κ2) is 21.3. The molecule has 0 aromatic carbocycles. The first-order valence-corrected chi connectivity index (χ1v) is 11.5. The van der Waals surface area contributed by atoms with Crippen molar-refractivity contribution < 1.29 is 4.74 Å². The van der Waals surface area contributed by atoms with Crippen molar-refractivity contribution in [3.8, 4) is 0 Å². The van der Waals surface area contributed by atoms with Gasteiger partial charge in [0.2, 0.25) is 0 Å². The summed E-state index contributed by atoms with van der Waals surface area (Å²) in [5.74, 6) is 0.783. The Labute approximate surface area is 158 Å². The van der Waals surface area contributed by atoms with Gasteiger partial charge in [0, 0.05) is 12.5 Å². The van der Waals surface area contributed by atoms with Crippen LogP contribution in [0.15, 0.2) is 0 Å². The highest BCUT2D eigenvalue weighted by atomic mass is 35.5. The Kier molecular flexibility index (Phi) is 21.5. The van der Waals surface area contributed by atoms with E-state index in [1.165, 1.54) is 96.3 Å². The van der Waals surface area contributed by atoms with Crippen LogP contribution in [0.2, 0.25) is 0 Å². The first-order valence-electron chi connectivity index (χ1n) is 11.0. The van der Waals surface area contributed by atoms with Crippen LogP contribution in [0.3, 0.4) is 0 Å². The first-order chi connectivity index (χ1) is 11.8. The van der Waals surface area contributed by atoms with Crippen LogP contribution >= 0.6 is 11.6 Å². The second-order valence-corrected chi connectivity index (χ2v) is 7.84. The Balaban J connectivity index is 3.05. The van der Waals surface area contributed by atoms with Gasteiger partial charge in [0.15, 0.2) is 0 Å². The Hall–Kier alpha value is 0.250. The van der Waals surface area contributed by atoms with E-state index >= 15 is 0 Å². The fourth-order valence-corrected chi connectivity index (χ4v) is 3.38. The van der Waals surface area contributed by atoms with Crippen molar-refractivity contribution in [2.75, 3.05) is 12.5 Å². The van der Waals surface area contributed by atoms with Crippen molar-refractivity contribution in [2.24, 2.45) is 0 Å². The molecule has 0 fully saturated rings. The smallest absolute Gasteiger partial charge is 0.0547 e. The summed E-state index contributed by atoms with van der Waals surface area (Å²) >= 11 is 5.69. The molecule has 0 saturated heterocycles. The summed E-state index contributed by atoms with van der Waals surface area (Å²) in [6.45, 7) is 5.43. The van der Waals surface area contributed by atoms with Crippen LogP contribution in [0.25, 0.3) is 0 Å². The van der Waals surface area contributed by atoms with E-state index in [0.29, 0.717) is 6.10 Å². The van der Waals surface area contributed by atoms with Crippen LogP contribution in [0.5, 0.6) is 0 Å². The van der Waals surface area contributed by atoms with Gasteiger partial charge in [-0.3, -0.25) is 0 Å². The molecule has 0 heterocycles. The van der Waals surface area contributed by atoms with Crippen molar-refractivity contribution in [1.82, 2.24) is 0 Å². The summed E-state index contributed by atoms with van der Waals surface area (Å²) in [7, 11) is 0. The Morgan fingerprint density at radius 1 is 0.625 bits per heavy atom. The zero-order chi connectivity index (χ0) is 17.7. The lowest BCUT2D eigenvalue weighted by Crippen LogP contribution is -2.09. The topological polar surface area (TPSA) is 9.23 Å². The van der Waals surface area contributed by atoms with Crippen LogP contribution in [0.1, 0.15) is 123 Å². The summed E-state index contributed by atoms with van der Waals surface area (Å²) < 4.78 is 5.85. The average molecular weight is 361 g/mol. The van der Waals surface area contributed by atoms with Gasteiger partial charge >= 0.3 is 0 Å². The predicted molar refractivity (Wildman–Crippen MR) is 110 cm³/mol. The lowest BCUT2D eigenvalue weighted by atomic mass is 10.0. The highest BCUT2D eigenvalue weighted by Crippen LogP contribution is 2.13. The van der Waals surface area contributed by atoms with E-state index < -0.39 is 0 Å². The van der Waals surface area contributed by atoms with Crippen molar-refractivity contribution >= 4 is 11.6 Å². The summed E-state index contributed by atoms with van der Waals surface area (Å²) in [5.41, 5.74) is 0. The van der Waals surface area contributed by atoms with E-state index in [9.17, 15) is 0 Å². The van der Waals surface area contributed by atoms with Crippen molar-refractivity contribution in [2.45, 2.75) is 129 Å². The highest BCUT2D eigenvalue weighted by molar-refractivity contribution is 6.17. The summed E-state index contributed by atoms with van der Waals surface area (Å²) in [6, 6.07) is 0. The molecule has 0 saturated carbocycles. The molecule has 0 aromatic rings. The van der Waals surface area contributed by atoms with Crippen molar-refractivity contribution in [3.05, 3.63) is 0 Å². The first kappa shape index (κ1) is 24.2. The SMILES string of the molecule is CCCCCCCCCCCCCCCCO[C@H](C)CCCCCl. The van der Waals surface area contributed by atoms with Gasteiger partial charge < -0.3 is 4.74 Å². The highest BCUT2D eigenvalue weighted by Gasteiger charge is 2.01. The fraction of sp³-hybridized carbons (Fsp3) is 1.00. The monoisotopic (exact) mass is 360 g/mol. The number of alkyl halides is 1. The van der Waals surface area contributed by atoms with Gasteiger partial charge in [-0.15, -0.1) is 11.6 Å². The predicted octanol–water partition coefficient (Wildman–Crippen LogP) is 8.28. The van der Waals surface area contributed by atoms with E-state index in [-0.39, 0.29) is 0 Å². The minimum atomic E-state index is 0.412. The van der Waals surface area contributed by atoms with E-state index in [1.54, 1.807) is 0 Å². The van der Waals surface area contributed by atoms with Crippen LogP contribution in [0.4, 0.5) is 0 Å². The number of ether oxygens (including phenoxy) is 1. The summed E-state index contributed by atoms with van der Waals surface area (Å²) in [6.07, 6.45) is 23.7. The fourth-order valence-electron chi connectivity index (χ4n) is 3.19.